The van der Waals surface area contributed by atoms with E-state index in [1.54, 1.807) is 0 Å². The molecule has 0 N–H and O–H groups in total. The number of aryl methyl sites for hydroxylation is 1. The van der Waals surface area contributed by atoms with Crippen LogP contribution in [-0.2, 0) is 0 Å². The quantitative estimate of drug-likeness (QED) is 0.792. The predicted molar refractivity (Wildman–Crippen MR) is 77.7 cm³/mol. The van der Waals surface area contributed by atoms with Gasteiger partial charge >= 0.3 is 0 Å². The number of fused-ring (bicyclic) bond motifs is 1. The largest absolute Gasteiger partial charge is 0.307 e. The van der Waals surface area contributed by atoms with E-state index in [4.69, 9.17) is 16.6 Å². The molecule has 3 heterocycles. The molecule has 2 atom stereocenters. The van der Waals surface area contributed by atoms with Gasteiger partial charge < -0.3 is 9.47 Å². The summed E-state index contributed by atoms with van der Waals surface area (Å²) in [6.07, 6.45) is 3.04. The highest BCUT2D eigenvalue weighted by atomic mass is 35.5. The molecule has 3 rings (SSSR count). The fourth-order valence-electron chi connectivity index (χ4n) is 2.86. The van der Waals surface area contributed by atoms with Crippen LogP contribution in [0.5, 0.6) is 0 Å². The zero-order valence-electron chi connectivity index (χ0n) is 11.6. The van der Waals surface area contributed by atoms with Gasteiger partial charge in [0.15, 0.2) is 5.65 Å². The van der Waals surface area contributed by atoms with Gasteiger partial charge in [0.1, 0.15) is 11.3 Å². The first kappa shape index (κ1) is 12.9. The minimum Gasteiger partial charge on any atom is -0.307 e. The van der Waals surface area contributed by atoms with Crippen molar-refractivity contribution in [1.82, 2.24) is 19.4 Å². The molecule has 102 valence electrons. The first-order valence-electron chi connectivity index (χ1n) is 6.73. The minimum absolute atomic E-state index is 0.0968. The molecular weight excluding hydrogens is 260 g/mol. The smallest absolute Gasteiger partial charge is 0.160 e. The predicted octanol–water partition coefficient (Wildman–Crippen LogP) is 2.92. The maximum Gasteiger partial charge on any atom is 0.160 e. The summed E-state index contributed by atoms with van der Waals surface area (Å²) < 4.78 is 2.25. The molecule has 4 nitrogen and oxygen atoms in total. The van der Waals surface area contributed by atoms with E-state index in [1.807, 2.05) is 20.0 Å². The van der Waals surface area contributed by atoms with Gasteiger partial charge in [-0.15, -0.1) is 11.6 Å². The van der Waals surface area contributed by atoms with Crippen LogP contribution < -0.4 is 0 Å². The van der Waals surface area contributed by atoms with Gasteiger partial charge in [0.2, 0.25) is 0 Å². The van der Waals surface area contributed by atoms with Gasteiger partial charge in [0.25, 0.3) is 0 Å². The van der Waals surface area contributed by atoms with Crippen molar-refractivity contribution in [3.63, 3.8) is 0 Å². The van der Waals surface area contributed by atoms with Gasteiger partial charge in [-0.25, -0.2) is 9.97 Å². The third-order valence-electron chi connectivity index (χ3n) is 3.78. The molecule has 19 heavy (non-hydrogen) atoms. The van der Waals surface area contributed by atoms with E-state index in [1.165, 1.54) is 0 Å². The first-order valence-corrected chi connectivity index (χ1v) is 7.17. The van der Waals surface area contributed by atoms with Crippen LogP contribution in [-0.4, -0.2) is 39.6 Å². The molecule has 2 aromatic heterocycles. The number of alkyl halides is 1. The Kier molecular flexibility index (Phi) is 3.23. The van der Waals surface area contributed by atoms with Crippen molar-refractivity contribution in [3.8, 4) is 0 Å². The van der Waals surface area contributed by atoms with Crippen LogP contribution in [0.2, 0.25) is 0 Å². The van der Waals surface area contributed by atoms with E-state index in [9.17, 15) is 0 Å². The summed E-state index contributed by atoms with van der Waals surface area (Å²) in [4.78, 5) is 11.6. The summed E-state index contributed by atoms with van der Waals surface area (Å²) >= 11 is 6.31. The van der Waals surface area contributed by atoms with Gasteiger partial charge in [-0.1, -0.05) is 0 Å². The van der Waals surface area contributed by atoms with Crippen molar-refractivity contribution >= 4 is 22.8 Å². The second kappa shape index (κ2) is 4.76. The molecule has 1 aliphatic heterocycles. The lowest BCUT2D eigenvalue weighted by molar-refractivity contribution is 0.391. The van der Waals surface area contributed by atoms with Gasteiger partial charge in [-0.3, -0.25) is 0 Å². The first-order chi connectivity index (χ1) is 9.06. The van der Waals surface area contributed by atoms with Crippen LogP contribution in [0.15, 0.2) is 12.3 Å². The molecule has 0 spiro atoms. The summed E-state index contributed by atoms with van der Waals surface area (Å²) in [7, 11) is 2.15. The van der Waals surface area contributed by atoms with Crippen molar-refractivity contribution < 1.29 is 0 Å². The number of imidazole rings is 1. The van der Waals surface area contributed by atoms with E-state index in [0.29, 0.717) is 6.04 Å². The van der Waals surface area contributed by atoms with Gasteiger partial charge in [0.05, 0.1) is 11.4 Å². The summed E-state index contributed by atoms with van der Waals surface area (Å²) in [5.41, 5.74) is 3.06. The standard InChI is InChI=1S/C14H19ClN4/c1-9-6-12-14(16-7-9)19(13(17-12)10(2)15)11-4-5-18(3)8-11/h6-7,10-11H,4-5,8H2,1-3H3. The molecule has 0 amide bonds. The van der Waals surface area contributed by atoms with Crippen molar-refractivity contribution in [2.75, 3.05) is 20.1 Å². The number of halogens is 1. The number of hydrogen-bond donors (Lipinski definition) is 0. The van der Waals surface area contributed by atoms with Crippen LogP contribution in [0.25, 0.3) is 11.2 Å². The molecule has 2 aromatic rings. The SMILES string of the molecule is Cc1cnc2c(c1)nc(C(C)Cl)n2C1CCN(C)C1. The second-order valence-electron chi connectivity index (χ2n) is 5.52. The Morgan fingerprint density at radius 3 is 2.89 bits per heavy atom. The molecule has 0 radical (unpaired) electrons. The number of pyridine rings is 1. The fraction of sp³-hybridized carbons (Fsp3) is 0.571. The van der Waals surface area contributed by atoms with Crippen molar-refractivity contribution in [3.05, 3.63) is 23.7 Å². The average Bonchev–Trinajstić information content (AvgIpc) is 2.91. The number of rotatable bonds is 2. The highest BCUT2D eigenvalue weighted by Gasteiger charge is 2.27. The van der Waals surface area contributed by atoms with Crippen LogP contribution in [0.4, 0.5) is 0 Å². The second-order valence-corrected chi connectivity index (χ2v) is 6.17. The number of likely N-dealkylation sites (tertiary alicyclic amines) is 1. The maximum absolute atomic E-state index is 6.31. The van der Waals surface area contributed by atoms with E-state index in [2.05, 4.69) is 27.6 Å². The fourth-order valence-corrected chi connectivity index (χ4v) is 3.02. The minimum atomic E-state index is -0.0968. The number of hydrogen-bond acceptors (Lipinski definition) is 3. The average molecular weight is 279 g/mol. The van der Waals surface area contributed by atoms with Crippen LogP contribution in [0.1, 0.15) is 36.2 Å². The molecule has 0 aromatic carbocycles. The lowest BCUT2D eigenvalue weighted by atomic mass is 10.2. The van der Waals surface area contributed by atoms with Crippen molar-refractivity contribution in [2.24, 2.45) is 0 Å². The summed E-state index contributed by atoms with van der Waals surface area (Å²) in [6.45, 7) is 6.17. The Balaban J connectivity index is 2.16. The normalized spacial score (nSPS) is 22.2. The van der Waals surface area contributed by atoms with Crippen LogP contribution in [0, 0.1) is 6.92 Å². The number of likely N-dealkylation sites (N-methyl/N-ethyl adjacent to an activating group) is 1. The molecule has 1 aliphatic rings. The number of nitrogens with zero attached hydrogens (tertiary/aromatic N) is 4. The van der Waals surface area contributed by atoms with E-state index >= 15 is 0 Å². The Hall–Kier alpha value is -1.13. The zero-order chi connectivity index (χ0) is 13.6. The molecule has 5 heteroatoms. The van der Waals surface area contributed by atoms with Gasteiger partial charge in [-0.2, -0.15) is 0 Å². The molecule has 1 saturated heterocycles. The highest BCUT2D eigenvalue weighted by molar-refractivity contribution is 6.20. The Morgan fingerprint density at radius 2 is 2.26 bits per heavy atom. The summed E-state index contributed by atoms with van der Waals surface area (Å²) in [5, 5.41) is -0.0968. The van der Waals surface area contributed by atoms with Gasteiger partial charge in [-0.05, 0) is 45.5 Å². The highest BCUT2D eigenvalue weighted by Crippen LogP contribution is 2.31. The molecule has 0 saturated carbocycles. The zero-order valence-corrected chi connectivity index (χ0v) is 12.4. The van der Waals surface area contributed by atoms with E-state index < -0.39 is 0 Å². The topological polar surface area (TPSA) is 34.0 Å². The van der Waals surface area contributed by atoms with E-state index in [-0.39, 0.29) is 5.38 Å². The Morgan fingerprint density at radius 1 is 1.47 bits per heavy atom. The third-order valence-corrected chi connectivity index (χ3v) is 3.98. The van der Waals surface area contributed by atoms with Gasteiger partial charge in [0, 0.05) is 12.7 Å². The monoisotopic (exact) mass is 278 g/mol. The Labute approximate surface area is 118 Å². The van der Waals surface area contributed by atoms with Crippen molar-refractivity contribution in [1.29, 1.82) is 0 Å². The van der Waals surface area contributed by atoms with Crippen LogP contribution in [0.3, 0.4) is 0 Å². The molecule has 2 unspecified atom stereocenters. The van der Waals surface area contributed by atoms with Crippen LogP contribution >= 0.6 is 11.6 Å². The maximum atomic E-state index is 6.31. The van der Waals surface area contributed by atoms with Crippen molar-refractivity contribution in [2.45, 2.75) is 31.7 Å². The Bertz CT molecular complexity index is 605. The molecule has 1 fully saturated rings. The third kappa shape index (κ3) is 2.23. The summed E-state index contributed by atoms with van der Waals surface area (Å²) in [5.74, 6) is 0.940. The lowest BCUT2D eigenvalue weighted by Gasteiger charge is -2.17. The lowest BCUT2D eigenvalue weighted by Crippen LogP contribution is -2.18. The number of aromatic nitrogens is 3. The summed E-state index contributed by atoms with van der Waals surface area (Å²) in [6, 6.07) is 2.52. The molecule has 0 bridgehead atoms. The molecular formula is C14H19ClN4. The molecule has 0 aliphatic carbocycles. The van der Waals surface area contributed by atoms with E-state index in [0.717, 1.165) is 42.1 Å².